The van der Waals surface area contributed by atoms with Gasteiger partial charge in [-0.2, -0.15) is 5.10 Å². The molecule has 1 aromatic heterocycles. The Labute approximate surface area is 195 Å². The zero-order valence-corrected chi connectivity index (χ0v) is 19.3. The van der Waals surface area contributed by atoms with Crippen LogP contribution in [0.3, 0.4) is 0 Å². The Bertz CT molecular complexity index is 1450. The van der Waals surface area contributed by atoms with Gasteiger partial charge in [-0.1, -0.05) is 71.7 Å². The molecule has 32 heavy (non-hydrogen) atoms. The third-order valence-corrected chi connectivity index (χ3v) is 6.89. The Morgan fingerprint density at radius 1 is 0.875 bits per heavy atom. The minimum absolute atomic E-state index is 0.197. The van der Waals surface area contributed by atoms with E-state index in [-0.39, 0.29) is 10.5 Å². The molecule has 162 valence electrons. The molecule has 0 radical (unpaired) electrons. The molecule has 0 unspecified atom stereocenters. The van der Waals surface area contributed by atoms with Crippen molar-refractivity contribution in [1.29, 1.82) is 0 Å². The van der Waals surface area contributed by atoms with Gasteiger partial charge in [0.1, 0.15) is 0 Å². The van der Waals surface area contributed by atoms with Crippen LogP contribution >= 0.6 is 23.2 Å². The first-order valence-corrected chi connectivity index (χ1v) is 12.3. The monoisotopic (exact) mass is 484 g/mol. The first-order valence-electron chi connectivity index (χ1n) is 9.64. The molecule has 0 bridgehead atoms. The van der Waals surface area contributed by atoms with Crippen LogP contribution in [0.2, 0.25) is 10.0 Å². The van der Waals surface area contributed by atoms with E-state index in [0.29, 0.717) is 38.8 Å². The lowest BCUT2D eigenvalue weighted by Crippen LogP contribution is -2.25. The van der Waals surface area contributed by atoms with Gasteiger partial charge in [-0.3, -0.25) is 4.79 Å². The van der Waals surface area contributed by atoms with Gasteiger partial charge in [0.15, 0.2) is 9.84 Å². The van der Waals surface area contributed by atoms with Gasteiger partial charge < -0.3 is 0 Å². The van der Waals surface area contributed by atoms with Gasteiger partial charge in [0.2, 0.25) is 0 Å². The lowest BCUT2D eigenvalue weighted by Gasteiger charge is -2.14. The molecule has 0 amide bonds. The van der Waals surface area contributed by atoms with Gasteiger partial charge in [0.25, 0.3) is 5.56 Å². The molecule has 5 nitrogen and oxygen atoms in total. The van der Waals surface area contributed by atoms with E-state index in [9.17, 15) is 13.2 Å². The SMILES string of the molecule is CS(=O)(=O)c1ccc(-c2cnn(Cc3ccccc3)c(=O)c2-c2ccc(Cl)c(Cl)c2)cc1. The largest absolute Gasteiger partial charge is 0.275 e. The summed E-state index contributed by atoms with van der Waals surface area (Å²) in [4.78, 5) is 13.7. The third kappa shape index (κ3) is 4.63. The minimum Gasteiger partial charge on any atom is -0.267 e. The average molecular weight is 485 g/mol. The van der Waals surface area contributed by atoms with Crippen molar-refractivity contribution in [3.8, 4) is 22.3 Å². The first kappa shape index (κ1) is 22.3. The van der Waals surface area contributed by atoms with Gasteiger partial charge in [-0.15, -0.1) is 0 Å². The maximum atomic E-state index is 13.5. The van der Waals surface area contributed by atoms with Crippen LogP contribution in [0.25, 0.3) is 22.3 Å². The summed E-state index contributed by atoms with van der Waals surface area (Å²) in [6.45, 7) is 0.307. The van der Waals surface area contributed by atoms with E-state index in [1.807, 2.05) is 30.3 Å². The van der Waals surface area contributed by atoms with Crippen LogP contribution < -0.4 is 5.56 Å². The molecule has 0 N–H and O–H groups in total. The molecule has 0 spiro atoms. The molecule has 4 rings (SSSR count). The standard InChI is InChI=1S/C24H18Cl2N2O3S/c1-32(30,31)19-10-7-17(8-11-19)20-14-27-28(15-16-5-3-2-4-6-16)24(29)23(20)18-9-12-21(25)22(26)13-18/h2-14H,15H2,1H3. The molecule has 0 aliphatic carbocycles. The van der Waals surface area contributed by atoms with Gasteiger partial charge in [0.05, 0.1) is 33.2 Å². The highest BCUT2D eigenvalue weighted by atomic mass is 35.5. The molecule has 8 heteroatoms. The Kier molecular flexibility index (Phi) is 6.20. The molecule has 0 atom stereocenters. The zero-order valence-electron chi connectivity index (χ0n) is 17.0. The second-order valence-corrected chi connectivity index (χ2v) is 10.1. The van der Waals surface area contributed by atoms with E-state index in [4.69, 9.17) is 23.2 Å². The topological polar surface area (TPSA) is 69.0 Å². The number of halogens is 2. The molecular weight excluding hydrogens is 467 g/mol. The quantitative estimate of drug-likeness (QED) is 0.383. The fourth-order valence-electron chi connectivity index (χ4n) is 3.39. The van der Waals surface area contributed by atoms with Crippen molar-refractivity contribution in [3.63, 3.8) is 0 Å². The van der Waals surface area contributed by atoms with Gasteiger partial charge >= 0.3 is 0 Å². The van der Waals surface area contributed by atoms with Crippen LogP contribution in [0.5, 0.6) is 0 Å². The van der Waals surface area contributed by atoms with E-state index >= 15 is 0 Å². The predicted molar refractivity (Wildman–Crippen MR) is 128 cm³/mol. The molecular formula is C24H18Cl2N2O3S. The minimum atomic E-state index is -3.34. The molecule has 0 aliphatic heterocycles. The summed E-state index contributed by atoms with van der Waals surface area (Å²) in [7, 11) is -3.34. The highest BCUT2D eigenvalue weighted by molar-refractivity contribution is 7.90. The Balaban J connectivity index is 1.90. The summed E-state index contributed by atoms with van der Waals surface area (Å²) in [5.41, 5.74) is 2.87. The second-order valence-electron chi connectivity index (χ2n) is 7.31. The molecule has 3 aromatic carbocycles. The summed E-state index contributed by atoms with van der Waals surface area (Å²) >= 11 is 12.3. The Morgan fingerprint density at radius 2 is 1.53 bits per heavy atom. The summed E-state index contributed by atoms with van der Waals surface area (Å²) in [5, 5.41) is 5.08. The van der Waals surface area contributed by atoms with Gasteiger partial charge in [-0.05, 0) is 41.0 Å². The van der Waals surface area contributed by atoms with Crippen LogP contribution in [0.4, 0.5) is 0 Å². The number of hydrogen-bond acceptors (Lipinski definition) is 4. The maximum Gasteiger partial charge on any atom is 0.275 e. The van der Waals surface area contributed by atoms with Crippen LogP contribution in [-0.2, 0) is 16.4 Å². The Morgan fingerprint density at radius 3 is 2.16 bits per heavy atom. The van der Waals surface area contributed by atoms with E-state index in [1.54, 1.807) is 36.5 Å². The van der Waals surface area contributed by atoms with E-state index in [2.05, 4.69) is 5.10 Å². The number of benzene rings is 3. The number of rotatable bonds is 5. The van der Waals surface area contributed by atoms with Crippen LogP contribution in [0.15, 0.2) is 88.7 Å². The van der Waals surface area contributed by atoms with Gasteiger partial charge in [0, 0.05) is 11.8 Å². The second kappa shape index (κ2) is 8.90. The highest BCUT2D eigenvalue weighted by Gasteiger charge is 2.17. The predicted octanol–water partition coefficient (Wildman–Crippen LogP) is 5.34. The van der Waals surface area contributed by atoms with Crippen LogP contribution in [0, 0.1) is 0 Å². The van der Waals surface area contributed by atoms with Crippen molar-refractivity contribution in [2.75, 3.05) is 6.26 Å². The van der Waals surface area contributed by atoms with Crippen molar-refractivity contribution in [2.45, 2.75) is 11.4 Å². The van der Waals surface area contributed by atoms with Crippen LogP contribution in [0.1, 0.15) is 5.56 Å². The number of sulfone groups is 1. The van der Waals surface area contributed by atoms with Gasteiger partial charge in [-0.25, -0.2) is 13.1 Å². The molecule has 1 heterocycles. The van der Waals surface area contributed by atoms with Crippen molar-refractivity contribution < 1.29 is 8.42 Å². The average Bonchev–Trinajstić information content (AvgIpc) is 2.77. The highest BCUT2D eigenvalue weighted by Crippen LogP contribution is 2.33. The molecule has 0 aliphatic rings. The first-order chi connectivity index (χ1) is 15.2. The fourth-order valence-corrected chi connectivity index (χ4v) is 4.32. The van der Waals surface area contributed by atoms with Crippen LogP contribution in [-0.4, -0.2) is 24.5 Å². The Hall–Kier alpha value is -2.93. The lowest BCUT2D eigenvalue weighted by atomic mass is 9.97. The number of aromatic nitrogens is 2. The van der Waals surface area contributed by atoms with E-state index in [1.165, 1.54) is 16.8 Å². The van der Waals surface area contributed by atoms with Crippen molar-refractivity contribution in [3.05, 3.63) is 105 Å². The van der Waals surface area contributed by atoms with Crippen molar-refractivity contribution in [2.24, 2.45) is 0 Å². The smallest absolute Gasteiger partial charge is 0.267 e. The van der Waals surface area contributed by atoms with Crippen molar-refractivity contribution >= 4 is 33.0 Å². The lowest BCUT2D eigenvalue weighted by molar-refractivity contribution is 0.602. The van der Waals surface area contributed by atoms with E-state index < -0.39 is 9.84 Å². The number of hydrogen-bond donors (Lipinski definition) is 0. The van der Waals surface area contributed by atoms with Crippen molar-refractivity contribution in [1.82, 2.24) is 9.78 Å². The fraction of sp³-hybridized carbons (Fsp3) is 0.0833. The normalized spacial score (nSPS) is 11.5. The number of nitrogens with zero attached hydrogens (tertiary/aromatic N) is 2. The van der Waals surface area contributed by atoms with E-state index in [0.717, 1.165) is 11.8 Å². The third-order valence-electron chi connectivity index (χ3n) is 5.02. The maximum absolute atomic E-state index is 13.5. The molecule has 4 aromatic rings. The zero-order chi connectivity index (χ0) is 22.9. The summed E-state index contributed by atoms with van der Waals surface area (Å²) in [6, 6.07) is 20.9. The molecule has 0 fully saturated rings. The summed E-state index contributed by atoms with van der Waals surface area (Å²) < 4.78 is 25.0. The molecule has 0 saturated heterocycles. The molecule has 0 saturated carbocycles. The summed E-state index contributed by atoms with van der Waals surface area (Å²) in [5.74, 6) is 0. The summed E-state index contributed by atoms with van der Waals surface area (Å²) in [6.07, 6.45) is 2.76.